The normalized spacial score (nSPS) is 18.9. The van der Waals surface area contributed by atoms with Gasteiger partial charge in [-0.3, -0.25) is 0 Å². The van der Waals surface area contributed by atoms with Crippen LogP contribution in [-0.4, -0.2) is 12.1 Å². The van der Waals surface area contributed by atoms with Crippen LogP contribution in [0.1, 0.15) is 0 Å². The number of hydrogen-bond donors (Lipinski definition) is 0. The molecule has 0 aliphatic carbocycles. The molecule has 37 valence electrons. The quantitative estimate of drug-likeness (QED) is 0.314. The van der Waals surface area contributed by atoms with Crippen LogP contribution in [0.15, 0.2) is 0 Å². The van der Waals surface area contributed by atoms with Gasteiger partial charge >= 0.3 is 12.1 Å². The van der Waals surface area contributed by atoms with E-state index >= 15 is 0 Å². The molecule has 0 saturated carbocycles. The van der Waals surface area contributed by atoms with Crippen molar-refractivity contribution in [2.24, 2.45) is 0 Å². The fourth-order valence-electron chi connectivity index (χ4n) is 0.226. The molecule has 0 unspecified atom stereocenters. The Morgan fingerprint density at radius 3 is 2.29 bits per heavy atom. The van der Waals surface area contributed by atoms with Crippen molar-refractivity contribution in [2.45, 2.75) is 0 Å². The summed E-state index contributed by atoms with van der Waals surface area (Å²) in [6.45, 7) is 0.711. The van der Waals surface area contributed by atoms with Crippen molar-refractivity contribution < 1.29 is 19.1 Å². The molecule has 1 fully saturated rings. The summed E-state index contributed by atoms with van der Waals surface area (Å²) in [7, 11) is 0. The Hall–Kier alpha value is -1.06. The highest BCUT2D eigenvalue weighted by Crippen LogP contribution is 1.99. The smallest absolute Gasteiger partial charge is 0.414 e. The van der Waals surface area contributed by atoms with E-state index in [0.717, 1.165) is 0 Å². The molecule has 1 aliphatic rings. The maximum absolute atomic E-state index is 9.83. The Balaban J connectivity index is 2.55. The largest absolute Gasteiger partial charge is 0.517 e. The van der Waals surface area contributed by atoms with Gasteiger partial charge in [0.1, 0.15) is 0 Å². The minimum atomic E-state index is -0.954. The molecule has 7 heavy (non-hydrogen) atoms. The maximum atomic E-state index is 9.83. The monoisotopic (exact) mass is 101 g/mol. The van der Waals surface area contributed by atoms with E-state index in [2.05, 4.69) is 9.47 Å². The van der Waals surface area contributed by atoms with Crippen molar-refractivity contribution in [3.8, 4) is 0 Å². The van der Waals surface area contributed by atoms with Gasteiger partial charge in [0.2, 0.25) is 0 Å². The van der Waals surface area contributed by atoms with E-state index in [0.29, 0.717) is 6.61 Å². The van der Waals surface area contributed by atoms with Gasteiger partial charge in [0.05, 0.1) is 0 Å². The molecular weight excluding hydrogens is 100 g/mol. The second-order valence-corrected chi connectivity index (χ2v) is 0.907. The average Bonchev–Trinajstić information content (AvgIpc) is 1.87. The molecule has 0 atom stereocenters. The number of ether oxygens (including phenoxy) is 2. The van der Waals surface area contributed by atoms with Gasteiger partial charge < -0.3 is 9.47 Å². The number of esters is 1. The van der Waals surface area contributed by atoms with Crippen LogP contribution in [0.2, 0.25) is 0 Å². The van der Waals surface area contributed by atoms with E-state index in [9.17, 15) is 9.59 Å². The molecule has 0 aromatic carbocycles. The zero-order valence-corrected chi connectivity index (χ0v) is 3.21. The second kappa shape index (κ2) is 1.22. The van der Waals surface area contributed by atoms with Crippen LogP contribution in [0.25, 0.3) is 0 Å². The minimum absolute atomic E-state index is 0.711. The standard InChI is InChI=1S/C3HO4/c4-2-1-6-3(5)7-2/h1H. The molecule has 1 radical (unpaired) electrons. The van der Waals surface area contributed by atoms with E-state index in [-0.39, 0.29) is 0 Å². The number of cyclic esters (lactones) is 3. The predicted octanol–water partition coefficient (Wildman–Crippen LogP) is -0.158. The van der Waals surface area contributed by atoms with Gasteiger partial charge in [0.25, 0.3) is 6.61 Å². The van der Waals surface area contributed by atoms with Crippen molar-refractivity contribution in [3.05, 3.63) is 6.61 Å². The molecule has 0 spiro atoms. The zero-order valence-electron chi connectivity index (χ0n) is 3.21. The lowest BCUT2D eigenvalue weighted by Gasteiger charge is -1.76. The molecule has 1 saturated heterocycles. The summed E-state index contributed by atoms with van der Waals surface area (Å²) in [6, 6.07) is 0. The molecule has 1 rings (SSSR count). The van der Waals surface area contributed by atoms with Crippen molar-refractivity contribution >= 4 is 12.1 Å². The summed E-state index contributed by atoms with van der Waals surface area (Å²) in [4.78, 5) is 19.6. The zero-order chi connectivity index (χ0) is 5.28. The van der Waals surface area contributed by atoms with Gasteiger partial charge in [0.15, 0.2) is 0 Å². The maximum Gasteiger partial charge on any atom is 0.517 e. The fraction of sp³-hybridized carbons (Fsp3) is 0. The van der Waals surface area contributed by atoms with Crippen molar-refractivity contribution in [2.75, 3.05) is 0 Å². The first-order valence-electron chi connectivity index (χ1n) is 1.54. The van der Waals surface area contributed by atoms with Gasteiger partial charge in [-0.1, -0.05) is 0 Å². The van der Waals surface area contributed by atoms with Gasteiger partial charge in [0, 0.05) is 0 Å². The third-order valence-electron chi connectivity index (χ3n) is 0.435. The SMILES string of the molecule is O=C1[CH]OC(=O)O1. The number of rotatable bonds is 0. The Morgan fingerprint density at radius 1 is 1.43 bits per heavy atom. The van der Waals surface area contributed by atoms with Crippen molar-refractivity contribution in [1.29, 1.82) is 0 Å². The van der Waals surface area contributed by atoms with E-state index in [1.807, 2.05) is 0 Å². The summed E-state index contributed by atoms with van der Waals surface area (Å²) in [5.41, 5.74) is 0. The summed E-state index contributed by atoms with van der Waals surface area (Å²) >= 11 is 0. The molecule has 0 amide bonds. The van der Waals surface area contributed by atoms with Crippen LogP contribution in [0, 0.1) is 6.61 Å². The molecule has 1 aliphatic heterocycles. The van der Waals surface area contributed by atoms with Gasteiger partial charge in [-0.05, 0) is 0 Å². The van der Waals surface area contributed by atoms with Crippen LogP contribution < -0.4 is 0 Å². The third kappa shape index (κ3) is 0.677. The molecule has 4 nitrogen and oxygen atoms in total. The van der Waals surface area contributed by atoms with E-state index in [1.165, 1.54) is 0 Å². The van der Waals surface area contributed by atoms with Crippen molar-refractivity contribution in [1.82, 2.24) is 0 Å². The molecule has 1 heterocycles. The molecular formula is C3HO4. The molecule has 0 aromatic rings. The van der Waals surface area contributed by atoms with Gasteiger partial charge in [-0.25, -0.2) is 9.59 Å². The first-order valence-corrected chi connectivity index (χ1v) is 1.54. The average molecular weight is 101 g/mol. The highest BCUT2D eigenvalue weighted by Gasteiger charge is 2.22. The van der Waals surface area contributed by atoms with E-state index in [1.54, 1.807) is 0 Å². The minimum Gasteiger partial charge on any atom is -0.414 e. The highest BCUT2D eigenvalue weighted by atomic mass is 16.8. The lowest BCUT2D eigenvalue weighted by Crippen LogP contribution is -1.93. The second-order valence-electron chi connectivity index (χ2n) is 0.907. The molecule has 0 N–H and O–H groups in total. The highest BCUT2D eigenvalue weighted by molar-refractivity contribution is 5.92. The lowest BCUT2D eigenvalue weighted by atomic mass is 10.8. The van der Waals surface area contributed by atoms with Crippen LogP contribution in [-0.2, 0) is 14.3 Å². The Labute approximate surface area is 39.0 Å². The Kier molecular flexibility index (Phi) is 0.714. The summed E-state index contributed by atoms with van der Waals surface area (Å²) in [6.07, 6.45) is -0.954. The number of carbonyl (C=O) groups is 2. The summed E-state index contributed by atoms with van der Waals surface area (Å²) in [5.74, 6) is -0.745. The van der Waals surface area contributed by atoms with Gasteiger partial charge in [-0.2, -0.15) is 0 Å². The Morgan fingerprint density at radius 2 is 2.14 bits per heavy atom. The van der Waals surface area contributed by atoms with Gasteiger partial charge in [-0.15, -0.1) is 0 Å². The number of hydrogen-bond acceptors (Lipinski definition) is 4. The summed E-state index contributed by atoms with van der Waals surface area (Å²) < 4.78 is 7.73. The van der Waals surface area contributed by atoms with Crippen molar-refractivity contribution in [3.63, 3.8) is 0 Å². The predicted molar refractivity (Wildman–Crippen MR) is 16.9 cm³/mol. The third-order valence-corrected chi connectivity index (χ3v) is 0.435. The van der Waals surface area contributed by atoms with Crippen LogP contribution in [0.4, 0.5) is 4.79 Å². The Bertz CT molecular complexity index is 102. The first kappa shape index (κ1) is 4.11. The van der Waals surface area contributed by atoms with Crippen LogP contribution >= 0.6 is 0 Å². The molecule has 4 heteroatoms. The first-order chi connectivity index (χ1) is 3.29. The fourth-order valence-corrected chi connectivity index (χ4v) is 0.226. The van der Waals surface area contributed by atoms with Crippen LogP contribution in [0.3, 0.4) is 0 Å². The molecule has 0 bridgehead atoms. The van der Waals surface area contributed by atoms with E-state index in [4.69, 9.17) is 0 Å². The lowest BCUT2D eigenvalue weighted by molar-refractivity contribution is -0.131. The van der Waals surface area contributed by atoms with E-state index < -0.39 is 12.1 Å². The molecule has 0 aromatic heterocycles. The topological polar surface area (TPSA) is 52.6 Å². The number of carbonyl (C=O) groups excluding carboxylic acids is 2. The summed E-state index contributed by atoms with van der Waals surface area (Å²) in [5, 5.41) is 0. The van der Waals surface area contributed by atoms with Crippen LogP contribution in [0.5, 0.6) is 0 Å².